The lowest BCUT2D eigenvalue weighted by molar-refractivity contribution is -0.125. The molecule has 40 heavy (non-hydrogen) atoms. The van der Waals surface area contributed by atoms with Gasteiger partial charge in [-0.25, -0.2) is 9.89 Å². The maximum atomic E-state index is 13.6. The summed E-state index contributed by atoms with van der Waals surface area (Å²) < 4.78 is 5.31. The van der Waals surface area contributed by atoms with Crippen LogP contribution in [-0.2, 0) is 27.3 Å². The van der Waals surface area contributed by atoms with Crippen molar-refractivity contribution in [2.24, 2.45) is 9.98 Å². The van der Waals surface area contributed by atoms with Crippen molar-refractivity contribution in [2.45, 2.75) is 50.4 Å². The zero-order chi connectivity index (χ0) is 27.9. The third-order valence-corrected chi connectivity index (χ3v) is 8.02. The zero-order valence-corrected chi connectivity index (χ0v) is 23.0. The average molecular weight is 558 g/mol. The van der Waals surface area contributed by atoms with Gasteiger partial charge in [0.2, 0.25) is 11.8 Å². The lowest BCUT2D eigenvalue weighted by Crippen LogP contribution is -2.43. The molecule has 5 rings (SSSR count). The van der Waals surface area contributed by atoms with Gasteiger partial charge >= 0.3 is 0 Å². The number of nitrogens with zero attached hydrogens (tertiary/aromatic N) is 3. The number of furan rings is 1. The predicted octanol–water partition coefficient (Wildman–Crippen LogP) is 4.21. The van der Waals surface area contributed by atoms with Crippen LogP contribution in [0.3, 0.4) is 0 Å². The third-order valence-electron chi connectivity index (χ3n) is 6.70. The maximum absolute atomic E-state index is 13.6. The molecule has 0 unspecified atom stereocenters. The minimum atomic E-state index is -0.695. The van der Waals surface area contributed by atoms with Gasteiger partial charge < -0.3 is 15.1 Å². The second kappa shape index (κ2) is 12.8. The fourth-order valence-electron chi connectivity index (χ4n) is 4.57. The summed E-state index contributed by atoms with van der Waals surface area (Å²) in [5.41, 5.74) is 2.60. The first-order chi connectivity index (χ1) is 19.5. The average Bonchev–Trinajstić information content (AvgIpc) is 3.62. The van der Waals surface area contributed by atoms with Crippen molar-refractivity contribution in [3.63, 3.8) is 0 Å². The molecule has 2 N–H and O–H groups in total. The summed E-state index contributed by atoms with van der Waals surface area (Å²) in [7, 11) is 0. The zero-order valence-electron chi connectivity index (χ0n) is 22.2. The molecule has 2 aliphatic heterocycles. The summed E-state index contributed by atoms with van der Waals surface area (Å²) in [6.45, 7) is 2.73. The fourth-order valence-corrected chi connectivity index (χ4v) is 5.61. The van der Waals surface area contributed by atoms with E-state index in [0.29, 0.717) is 35.4 Å². The van der Waals surface area contributed by atoms with E-state index in [1.807, 2.05) is 61.5 Å². The molecule has 3 amide bonds. The van der Waals surface area contributed by atoms with Crippen molar-refractivity contribution in [1.82, 2.24) is 15.5 Å². The van der Waals surface area contributed by atoms with Crippen LogP contribution in [0.15, 0.2) is 87.4 Å². The van der Waals surface area contributed by atoms with E-state index in [1.54, 1.807) is 18.4 Å². The Bertz CT molecular complexity index is 1420. The molecule has 0 saturated carbocycles. The van der Waals surface area contributed by atoms with Gasteiger partial charge in [-0.3, -0.25) is 19.4 Å². The normalized spacial score (nSPS) is 16.5. The SMILES string of the molecule is CC[C@H](SC1=Nc2ccccc2C2=N[C@H](CCC(=O)NCCc3ccccc3)C(=O)N12)C(=O)NCc1ccco1. The number of fused-ring (bicyclic) bond motifs is 3. The van der Waals surface area contributed by atoms with Crippen LogP contribution in [0, 0.1) is 0 Å². The van der Waals surface area contributed by atoms with Crippen LogP contribution in [0.1, 0.15) is 43.1 Å². The van der Waals surface area contributed by atoms with E-state index in [1.165, 1.54) is 16.7 Å². The van der Waals surface area contributed by atoms with E-state index in [4.69, 9.17) is 14.4 Å². The first kappa shape index (κ1) is 27.4. The molecule has 0 spiro atoms. The van der Waals surface area contributed by atoms with Crippen molar-refractivity contribution in [1.29, 1.82) is 0 Å². The summed E-state index contributed by atoms with van der Waals surface area (Å²) in [5.74, 6) is 0.654. The number of carbonyl (C=O) groups excluding carboxylic acids is 3. The van der Waals surface area contributed by atoms with Gasteiger partial charge in [0.1, 0.15) is 17.6 Å². The number of hydrogen-bond acceptors (Lipinski definition) is 7. The predicted molar refractivity (Wildman–Crippen MR) is 155 cm³/mol. The molecule has 3 heterocycles. The number of amidine groups is 2. The smallest absolute Gasteiger partial charge is 0.259 e. The molecule has 9 nitrogen and oxygen atoms in total. The van der Waals surface area contributed by atoms with Gasteiger partial charge in [0.25, 0.3) is 5.91 Å². The van der Waals surface area contributed by atoms with Crippen LogP contribution >= 0.6 is 11.8 Å². The van der Waals surface area contributed by atoms with Crippen molar-refractivity contribution < 1.29 is 18.8 Å². The highest BCUT2D eigenvalue weighted by atomic mass is 32.2. The highest BCUT2D eigenvalue weighted by molar-refractivity contribution is 8.15. The Morgan fingerprint density at radius 2 is 1.85 bits per heavy atom. The minimum Gasteiger partial charge on any atom is -0.467 e. The lowest BCUT2D eigenvalue weighted by atomic mass is 10.1. The molecule has 2 atom stereocenters. The monoisotopic (exact) mass is 557 g/mol. The van der Waals surface area contributed by atoms with Crippen molar-refractivity contribution >= 4 is 46.2 Å². The van der Waals surface area contributed by atoms with Crippen LogP contribution in [0.4, 0.5) is 5.69 Å². The topological polar surface area (TPSA) is 116 Å². The first-order valence-electron chi connectivity index (χ1n) is 13.4. The third kappa shape index (κ3) is 6.34. The molecule has 1 aromatic heterocycles. The van der Waals surface area contributed by atoms with Crippen molar-refractivity contribution in [2.75, 3.05) is 6.54 Å². The molecule has 0 bridgehead atoms. The van der Waals surface area contributed by atoms with E-state index >= 15 is 0 Å². The van der Waals surface area contributed by atoms with Crippen LogP contribution in [-0.4, -0.2) is 51.5 Å². The Kier molecular flexibility index (Phi) is 8.75. The number of hydrogen-bond donors (Lipinski definition) is 2. The minimum absolute atomic E-state index is 0.114. The van der Waals surface area contributed by atoms with Crippen molar-refractivity contribution in [3.8, 4) is 0 Å². The Morgan fingerprint density at radius 1 is 1.05 bits per heavy atom. The van der Waals surface area contributed by atoms with Gasteiger partial charge in [-0.2, -0.15) is 0 Å². The lowest BCUT2D eigenvalue weighted by Gasteiger charge is -2.27. The molecule has 206 valence electrons. The summed E-state index contributed by atoms with van der Waals surface area (Å²) in [5, 5.41) is 5.78. The van der Waals surface area contributed by atoms with Crippen LogP contribution in [0.25, 0.3) is 0 Å². The summed E-state index contributed by atoms with van der Waals surface area (Å²) in [6.07, 6.45) is 3.32. The standard InChI is InChI=1S/C30H31N5O4S/c1-2-25(28(37)32-19-21-11-8-18-39-21)40-30-34-23-13-7-6-12-22(23)27-33-24(29(38)35(27)30)14-15-26(36)31-17-16-20-9-4-3-5-10-20/h3-13,18,24-25H,2,14-17,19H2,1H3,(H,31,36)(H,32,37)/t24-,25+/m1/s1. The number of para-hydroxylation sites is 1. The van der Waals surface area contributed by atoms with Gasteiger partial charge in [0, 0.05) is 18.5 Å². The quantitative estimate of drug-likeness (QED) is 0.367. The number of benzene rings is 2. The van der Waals surface area contributed by atoms with Gasteiger partial charge in [-0.1, -0.05) is 61.2 Å². The second-order valence-corrected chi connectivity index (χ2v) is 10.7. The molecule has 3 aromatic rings. The van der Waals surface area contributed by atoms with Gasteiger partial charge in [-0.15, -0.1) is 0 Å². The molecule has 2 aliphatic rings. The summed E-state index contributed by atoms with van der Waals surface area (Å²) in [6, 6.07) is 20.3. The van der Waals surface area contributed by atoms with E-state index in [2.05, 4.69) is 10.6 Å². The molecule has 0 saturated heterocycles. The van der Waals surface area contributed by atoms with Gasteiger partial charge in [-0.05, 0) is 49.1 Å². The van der Waals surface area contributed by atoms with E-state index in [0.717, 1.165) is 17.5 Å². The van der Waals surface area contributed by atoms with Crippen LogP contribution in [0.5, 0.6) is 0 Å². The number of thioether (sulfide) groups is 1. The molecule has 2 aromatic carbocycles. The van der Waals surface area contributed by atoms with E-state index in [9.17, 15) is 14.4 Å². The molecule has 0 radical (unpaired) electrons. The van der Waals surface area contributed by atoms with E-state index in [-0.39, 0.29) is 37.1 Å². The van der Waals surface area contributed by atoms with Gasteiger partial charge in [0.05, 0.1) is 23.7 Å². The number of rotatable bonds is 11. The summed E-state index contributed by atoms with van der Waals surface area (Å²) >= 11 is 1.24. The Hall–Kier alpha value is -4.18. The fraction of sp³-hybridized carbons (Fsp3) is 0.300. The molecular formula is C30H31N5O4S. The van der Waals surface area contributed by atoms with Crippen molar-refractivity contribution in [3.05, 3.63) is 89.9 Å². The Balaban J connectivity index is 1.24. The van der Waals surface area contributed by atoms with Crippen LogP contribution < -0.4 is 10.6 Å². The molecule has 0 aliphatic carbocycles. The highest BCUT2D eigenvalue weighted by Crippen LogP contribution is 2.35. The highest BCUT2D eigenvalue weighted by Gasteiger charge is 2.42. The number of aliphatic imine (C=N–C) groups is 2. The largest absolute Gasteiger partial charge is 0.467 e. The first-order valence-corrected chi connectivity index (χ1v) is 14.3. The molecule has 0 fully saturated rings. The number of carbonyl (C=O) groups is 3. The number of amides is 3. The molecular weight excluding hydrogens is 526 g/mol. The molecule has 10 heteroatoms. The number of nitrogens with one attached hydrogen (secondary N) is 2. The van der Waals surface area contributed by atoms with Gasteiger partial charge in [0.15, 0.2) is 5.17 Å². The maximum Gasteiger partial charge on any atom is 0.259 e. The Labute approximate surface area is 237 Å². The summed E-state index contributed by atoms with van der Waals surface area (Å²) in [4.78, 5) is 50.0. The van der Waals surface area contributed by atoms with Crippen LogP contribution in [0.2, 0.25) is 0 Å². The second-order valence-electron chi connectivity index (χ2n) is 9.49. The Morgan fingerprint density at radius 3 is 2.62 bits per heavy atom. The van der Waals surface area contributed by atoms with E-state index < -0.39 is 11.3 Å².